The van der Waals surface area contributed by atoms with Gasteiger partial charge in [0.05, 0.1) is 26.4 Å². The van der Waals surface area contributed by atoms with Crippen molar-refractivity contribution in [1.29, 1.82) is 0 Å². The highest BCUT2D eigenvalue weighted by Gasteiger charge is 2.05. The lowest BCUT2D eigenvalue weighted by Gasteiger charge is -2.17. The summed E-state index contributed by atoms with van der Waals surface area (Å²) in [6.45, 7) is 13.0. The van der Waals surface area contributed by atoms with Gasteiger partial charge >= 0.3 is 0 Å². The molecule has 0 aliphatic heterocycles. The van der Waals surface area contributed by atoms with E-state index in [1.54, 1.807) is 12.2 Å². The van der Waals surface area contributed by atoms with E-state index in [9.17, 15) is 0 Å². The van der Waals surface area contributed by atoms with Gasteiger partial charge in [-0.25, -0.2) is 0 Å². The van der Waals surface area contributed by atoms with Crippen LogP contribution in [0.5, 0.6) is 11.5 Å². The normalized spacial score (nSPS) is 12.8. The van der Waals surface area contributed by atoms with Crippen molar-refractivity contribution in [2.45, 2.75) is 26.4 Å². The lowest BCUT2D eigenvalue weighted by Crippen LogP contribution is -2.21. The maximum Gasteiger partial charge on any atom is 0.197 e. The van der Waals surface area contributed by atoms with Crippen molar-refractivity contribution in [2.24, 2.45) is 0 Å². The number of benzene rings is 2. The largest absolute Gasteiger partial charge is 0.465 e. The molecule has 0 aliphatic carbocycles. The highest BCUT2D eigenvalue weighted by Crippen LogP contribution is 2.15. The SMILES string of the molecule is C=Cc1ccc(OC(C)OCCOCCOC(C)Oc2ccc(C=C)cc2)cc1. The quantitative estimate of drug-likeness (QED) is 0.324. The summed E-state index contributed by atoms with van der Waals surface area (Å²) < 4.78 is 28.1. The Morgan fingerprint density at radius 3 is 1.38 bits per heavy atom. The summed E-state index contributed by atoms with van der Waals surface area (Å²) in [5.74, 6) is 1.51. The highest BCUT2D eigenvalue weighted by atomic mass is 16.7. The van der Waals surface area contributed by atoms with Crippen LogP contribution in [0.2, 0.25) is 0 Å². The first-order valence-corrected chi connectivity index (χ1v) is 9.70. The summed E-state index contributed by atoms with van der Waals surface area (Å²) in [4.78, 5) is 0. The second-order valence-corrected chi connectivity index (χ2v) is 6.27. The van der Waals surface area contributed by atoms with E-state index in [1.807, 2.05) is 62.4 Å². The van der Waals surface area contributed by atoms with Gasteiger partial charge in [0.15, 0.2) is 12.6 Å². The fourth-order valence-electron chi connectivity index (χ4n) is 2.46. The lowest BCUT2D eigenvalue weighted by atomic mass is 10.2. The molecule has 0 radical (unpaired) electrons. The van der Waals surface area contributed by atoms with E-state index in [0.29, 0.717) is 26.4 Å². The van der Waals surface area contributed by atoms with Crippen LogP contribution in [0.25, 0.3) is 12.2 Å². The van der Waals surface area contributed by atoms with Gasteiger partial charge in [-0.15, -0.1) is 0 Å². The second kappa shape index (κ2) is 12.8. The molecule has 0 saturated heterocycles. The van der Waals surface area contributed by atoms with Crippen LogP contribution in [0.15, 0.2) is 61.7 Å². The van der Waals surface area contributed by atoms with Gasteiger partial charge in [0.1, 0.15) is 11.5 Å². The van der Waals surface area contributed by atoms with Crippen LogP contribution in [-0.2, 0) is 14.2 Å². The van der Waals surface area contributed by atoms with Crippen LogP contribution in [0.3, 0.4) is 0 Å². The van der Waals surface area contributed by atoms with Crippen molar-refractivity contribution in [3.05, 3.63) is 72.8 Å². The fraction of sp³-hybridized carbons (Fsp3) is 0.333. The van der Waals surface area contributed by atoms with Crippen LogP contribution < -0.4 is 9.47 Å². The van der Waals surface area contributed by atoms with Gasteiger partial charge in [0, 0.05) is 0 Å². The van der Waals surface area contributed by atoms with E-state index in [-0.39, 0.29) is 12.6 Å². The molecule has 0 saturated carbocycles. The van der Waals surface area contributed by atoms with Crippen molar-refractivity contribution >= 4 is 12.2 Å². The van der Waals surface area contributed by atoms with Crippen molar-refractivity contribution in [2.75, 3.05) is 26.4 Å². The first-order valence-electron chi connectivity index (χ1n) is 9.70. The topological polar surface area (TPSA) is 46.2 Å². The Labute approximate surface area is 173 Å². The minimum atomic E-state index is -0.356. The van der Waals surface area contributed by atoms with Crippen LogP contribution in [0.4, 0.5) is 0 Å². The van der Waals surface area contributed by atoms with Gasteiger partial charge in [0.2, 0.25) is 0 Å². The molecule has 0 amide bonds. The molecule has 0 bridgehead atoms. The van der Waals surface area contributed by atoms with Gasteiger partial charge in [-0.05, 0) is 49.2 Å². The third-order valence-electron chi connectivity index (χ3n) is 4.00. The van der Waals surface area contributed by atoms with E-state index >= 15 is 0 Å². The molecule has 5 heteroatoms. The van der Waals surface area contributed by atoms with Gasteiger partial charge in [0.25, 0.3) is 0 Å². The predicted molar refractivity (Wildman–Crippen MR) is 116 cm³/mol. The summed E-state index contributed by atoms with van der Waals surface area (Å²) in [6.07, 6.45) is 2.87. The van der Waals surface area contributed by atoms with Gasteiger partial charge in [-0.2, -0.15) is 0 Å². The van der Waals surface area contributed by atoms with Gasteiger partial charge < -0.3 is 23.7 Å². The van der Waals surface area contributed by atoms with Gasteiger partial charge in [-0.3, -0.25) is 0 Å². The Hall–Kier alpha value is -2.60. The molecule has 0 N–H and O–H groups in total. The van der Waals surface area contributed by atoms with Crippen molar-refractivity contribution < 1.29 is 23.7 Å². The average molecular weight is 398 g/mol. The lowest BCUT2D eigenvalue weighted by molar-refractivity contribution is -0.102. The number of rotatable bonds is 14. The molecule has 29 heavy (non-hydrogen) atoms. The molecule has 0 aliphatic rings. The first-order chi connectivity index (χ1) is 14.1. The molecule has 156 valence electrons. The van der Waals surface area contributed by atoms with Crippen LogP contribution in [0, 0.1) is 0 Å². The molecule has 0 spiro atoms. The first kappa shape index (κ1) is 22.7. The maximum absolute atomic E-state index is 5.69. The monoisotopic (exact) mass is 398 g/mol. The fourth-order valence-corrected chi connectivity index (χ4v) is 2.46. The number of ether oxygens (including phenoxy) is 5. The van der Waals surface area contributed by atoms with Gasteiger partial charge in [-0.1, -0.05) is 49.6 Å². The smallest absolute Gasteiger partial charge is 0.197 e. The summed E-state index contributed by atoms with van der Waals surface area (Å²) in [7, 11) is 0. The molecule has 2 rings (SSSR count). The summed E-state index contributed by atoms with van der Waals surface area (Å²) in [5, 5.41) is 0. The standard InChI is InChI=1S/C24H30O5/c1-5-21-7-11-23(12-8-21)28-19(3)26-17-15-25-16-18-27-20(4)29-24-13-9-22(6-2)10-14-24/h5-14,19-20H,1-2,15-18H2,3-4H3. The van der Waals surface area contributed by atoms with Crippen molar-refractivity contribution in [1.82, 2.24) is 0 Å². The number of hydrogen-bond donors (Lipinski definition) is 0. The molecule has 2 atom stereocenters. The average Bonchev–Trinajstić information content (AvgIpc) is 2.74. The Morgan fingerprint density at radius 1 is 0.655 bits per heavy atom. The molecule has 2 aromatic rings. The minimum absolute atomic E-state index is 0.356. The zero-order valence-electron chi connectivity index (χ0n) is 17.2. The third kappa shape index (κ3) is 8.96. The van der Waals surface area contributed by atoms with E-state index in [1.165, 1.54) is 0 Å². The molecule has 2 unspecified atom stereocenters. The number of hydrogen-bond acceptors (Lipinski definition) is 5. The van der Waals surface area contributed by atoms with Crippen LogP contribution in [0.1, 0.15) is 25.0 Å². The molecule has 5 nitrogen and oxygen atoms in total. The van der Waals surface area contributed by atoms with E-state index in [0.717, 1.165) is 22.6 Å². The van der Waals surface area contributed by atoms with E-state index < -0.39 is 0 Å². The summed E-state index contributed by atoms with van der Waals surface area (Å²) in [5.41, 5.74) is 2.10. The Balaban J connectivity index is 1.50. The Bertz CT molecular complexity index is 660. The minimum Gasteiger partial charge on any atom is -0.465 e. The highest BCUT2D eigenvalue weighted by molar-refractivity contribution is 5.48. The second-order valence-electron chi connectivity index (χ2n) is 6.27. The molecular formula is C24H30O5. The maximum atomic E-state index is 5.69. The zero-order chi connectivity index (χ0) is 20.9. The zero-order valence-corrected chi connectivity index (χ0v) is 17.2. The Morgan fingerprint density at radius 2 is 1.03 bits per heavy atom. The Kier molecular flexibility index (Phi) is 10.00. The molecule has 2 aromatic carbocycles. The van der Waals surface area contributed by atoms with E-state index in [2.05, 4.69) is 13.2 Å². The van der Waals surface area contributed by atoms with Crippen molar-refractivity contribution in [3.8, 4) is 11.5 Å². The molecular weight excluding hydrogens is 368 g/mol. The molecule has 0 heterocycles. The third-order valence-corrected chi connectivity index (χ3v) is 4.00. The summed E-state index contributed by atoms with van der Waals surface area (Å²) in [6, 6.07) is 15.3. The molecule has 0 aromatic heterocycles. The van der Waals surface area contributed by atoms with Crippen LogP contribution >= 0.6 is 0 Å². The predicted octanol–water partition coefficient (Wildman–Crippen LogP) is 5.17. The van der Waals surface area contributed by atoms with Crippen LogP contribution in [-0.4, -0.2) is 39.0 Å². The molecule has 0 fully saturated rings. The van der Waals surface area contributed by atoms with E-state index in [4.69, 9.17) is 23.7 Å². The summed E-state index contributed by atoms with van der Waals surface area (Å²) >= 11 is 0. The van der Waals surface area contributed by atoms with Crippen molar-refractivity contribution in [3.63, 3.8) is 0 Å².